The van der Waals surface area contributed by atoms with Crippen molar-refractivity contribution < 1.29 is 14.2 Å². The Labute approximate surface area is 172 Å². The summed E-state index contributed by atoms with van der Waals surface area (Å²) in [6.07, 6.45) is 7.46. The summed E-state index contributed by atoms with van der Waals surface area (Å²) in [5.74, 6) is 3.71. The fourth-order valence-corrected chi connectivity index (χ4v) is 4.73. The molecule has 2 fully saturated rings. The van der Waals surface area contributed by atoms with Crippen LogP contribution >= 0.6 is 0 Å². The Morgan fingerprint density at radius 1 is 0.931 bits per heavy atom. The Kier molecular flexibility index (Phi) is 4.94. The summed E-state index contributed by atoms with van der Waals surface area (Å²) in [7, 11) is 3.40. The van der Waals surface area contributed by atoms with Gasteiger partial charge in [-0.25, -0.2) is 0 Å². The van der Waals surface area contributed by atoms with Crippen LogP contribution in [0.1, 0.15) is 61.1 Å². The molecule has 0 bridgehead atoms. The van der Waals surface area contributed by atoms with Gasteiger partial charge in [-0.3, -0.25) is 4.99 Å². The summed E-state index contributed by atoms with van der Waals surface area (Å²) in [6, 6.07) is 13.0. The van der Waals surface area contributed by atoms with E-state index in [-0.39, 0.29) is 0 Å². The Balaban J connectivity index is 1.57. The van der Waals surface area contributed by atoms with Gasteiger partial charge in [-0.15, -0.1) is 0 Å². The SMILES string of the molecule is COc1cc2c(cc1OC)[C@H]1CCCC[C@H]1N=C2c1cccc(OCC2CC2)c1. The zero-order chi connectivity index (χ0) is 19.8. The van der Waals surface area contributed by atoms with Crippen molar-refractivity contribution in [1.82, 2.24) is 0 Å². The van der Waals surface area contributed by atoms with Crippen molar-refractivity contribution in [2.24, 2.45) is 10.9 Å². The Bertz CT molecular complexity index is 932. The first-order valence-corrected chi connectivity index (χ1v) is 10.8. The molecule has 2 saturated carbocycles. The van der Waals surface area contributed by atoms with E-state index in [0.29, 0.717) is 12.0 Å². The van der Waals surface area contributed by atoms with Crippen molar-refractivity contribution in [3.63, 3.8) is 0 Å². The van der Waals surface area contributed by atoms with Crippen molar-refractivity contribution in [2.45, 2.75) is 50.5 Å². The van der Waals surface area contributed by atoms with Crippen LogP contribution in [0.2, 0.25) is 0 Å². The van der Waals surface area contributed by atoms with Crippen LogP contribution in [0.3, 0.4) is 0 Å². The molecule has 2 atom stereocenters. The summed E-state index contributed by atoms with van der Waals surface area (Å²) < 4.78 is 17.3. The molecule has 0 spiro atoms. The molecule has 29 heavy (non-hydrogen) atoms. The van der Waals surface area contributed by atoms with Gasteiger partial charge in [-0.1, -0.05) is 25.0 Å². The molecule has 1 heterocycles. The van der Waals surface area contributed by atoms with E-state index in [1.807, 2.05) is 6.07 Å². The van der Waals surface area contributed by atoms with Crippen LogP contribution < -0.4 is 14.2 Å². The van der Waals surface area contributed by atoms with Gasteiger partial charge in [0.2, 0.25) is 0 Å². The second kappa shape index (κ2) is 7.74. The third-order valence-electron chi connectivity index (χ3n) is 6.52. The van der Waals surface area contributed by atoms with Crippen molar-refractivity contribution in [3.05, 3.63) is 53.1 Å². The Morgan fingerprint density at radius 2 is 1.72 bits per heavy atom. The molecule has 2 aromatic rings. The third-order valence-corrected chi connectivity index (χ3v) is 6.52. The van der Waals surface area contributed by atoms with Crippen molar-refractivity contribution in [2.75, 3.05) is 20.8 Å². The number of rotatable bonds is 6. The molecule has 0 aromatic heterocycles. The summed E-state index contributed by atoms with van der Waals surface area (Å²) >= 11 is 0. The maximum atomic E-state index is 6.04. The quantitative estimate of drug-likeness (QED) is 0.665. The largest absolute Gasteiger partial charge is 0.493 e. The summed E-state index contributed by atoms with van der Waals surface area (Å²) in [5, 5.41) is 0. The molecule has 5 rings (SSSR count). The van der Waals surface area contributed by atoms with Crippen LogP contribution in [0.25, 0.3) is 0 Å². The molecule has 0 radical (unpaired) electrons. The van der Waals surface area contributed by atoms with Gasteiger partial charge in [0.05, 0.1) is 32.6 Å². The van der Waals surface area contributed by atoms with E-state index in [4.69, 9.17) is 19.2 Å². The lowest BCUT2D eigenvalue weighted by molar-refractivity contribution is 0.299. The predicted molar refractivity (Wildman–Crippen MR) is 115 cm³/mol. The topological polar surface area (TPSA) is 40.0 Å². The smallest absolute Gasteiger partial charge is 0.161 e. The van der Waals surface area contributed by atoms with Crippen LogP contribution in [0.4, 0.5) is 0 Å². The van der Waals surface area contributed by atoms with Gasteiger partial charge in [-0.05, 0) is 61.4 Å². The molecule has 0 saturated heterocycles. The van der Waals surface area contributed by atoms with E-state index in [0.717, 1.165) is 47.5 Å². The molecule has 0 N–H and O–H groups in total. The average Bonchev–Trinajstić information content (AvgIpc) is 3.61. The highest BCUT2D eigenvalue weighted by molar-refractivity contribution is 6.15. The average molecular weight is 392 g/mol. The first kappa shape index (κ1) is 18.5. The van der Waals surface area contributed by atoms with E-state index in [9.17, 15) is 0 Å². The predicted octanol–water partition coefficient (Wildman–Crippen LogP) is 5.37. The lowest BCUT2D eigenvalue weighted by atomic mass is 9.75. The van der Waals surface area contributed by atoms with Crippen LogP contribution in [-0.4, -0.2) is 32.6 Å². The minimum atomic E-state index is 0.348. The first-order valence-electron chi connectivity index (χ1n) is 10.8. The highest BCUT2D eigenvalue weighted by atomic mass is 16.5. The minimum absolute atomic E-state index is 0.348. The number of methoxy groups -OCH3 is 2. The highest BCUT2D eigenvalue weighted by Crippen LogP contribution is 2.45. The second-order valence-corrected chi connectivity index (χ2v) is 8.51. The van der Waals surface area contributed by atoms with Gasteiger partial charge in [0.15, 0.2) is 11.5 Å². The maximum absolute atomic E-state index is 6.04. The molecular weight excluding hydrogens is 362 g/mol. The van der Waals surface area contributed by atoms with Gasteiger partial charge >= 0.3 is 0 Å². The molecule has 0 amide bonds. The molecular formula is C25H29NO3. The van der Waals surface area contributed by atoms with Crippen molar-refractivity contribution >= 4 is 5.71 Å². The van der Waals surface area contributed by atoms with E-state index >= 15 is 0 Å². The third kappa shape index (κ3) is 3.61. The molecule has 3 aliphatic rings. The Hall–Kier alpha value is -2.49. The van der Waals surface area contributed by atoms with Crippen LogP contribution in [-0.2, 0) is 0 Å². The van der Waals surface area contributed by atoms with E-state index in [1.165, 1.54) is 43.2 Å². The maximum Gasteiger partial charge on any atom is 0.161 e. The number of nitrogens with zero attached hydrogens (tertiary/aromatic N) is 1. The monoisotopic (exact) mass is 391 g/mol. The minimum Gasteiger partial charge on any atom is -0.493 e. The second-order valence-electron chi connectivity index (χ2n) is 8.51. The normalized spacial score (nSPS) is 22.9. The number of benzene rings is 2. The van der Waals surface area contributed by atoms with Crippen LogP contribution in [0.15, 0.2) is 41.4 Å². The van der Waals surface area contributed by atoms with Crippen molar-refractivity contribution in [1.29, 1.82) is 0 Å². The number of ether oxygens (including phenoxy) is 3. The fourth-order valence-electron chi connectivity index (χ4n) is 4.73. The zero-order valence-corrected chi connectivity index (χ0v) is 17.3. The van der Waals surface area contributed by atoms with Gasteiger partial charge in [0.25, 0.3) is 0 Å². The molecule has 152 valence electrons. The molecule has 2 aliphatic carbocycles. The fraction of sp³-hybridized carbons (Fsp3) is 0.480. The number of hydrogen-bond donors (Lipinski definition) is 0. The summed E-state index contributed by atoms with van der Waals surface area (Å²) in [5.41, 5.74) is 4.70. The van der Waals surface area contributed by atoms with E-state index in [1.54, 1.807) is 14.2 Å². The highest BCUT2D eigenvalue weighted by Gasteiger charge is 2.34. The summed E-state index contributed by atoms with van der Waals surface area (Å²) in [4.78, 5) is 5.26. The first-order chi connectivity index (χ1) is 14.3. The van der Waals surface area contributed by atoms with Crippen molar-refractivity contribution in [3.8, 4) is 17.2 Å². The lowest BCUT2D eigenvalue weighted by Gasteiger charge is -2.35. The molecule has 4 heteroatoms. The Morgan fingerprint density at radius 3 is 2.52 bits per heavy atom. The van der Waals surface area contributed by atoms with E-state index < -0.39 is 0 Å². The van der Waals surface area contributed by atoms with Gasteiger partial charge in [0, 0.05) is 17.0 Å². The number of hydrogen-bond acceptors (Lipinski definition) is 4. The van der Waals surface area contributed by atoms with Gasteiger partial charge < -0.3 is 14.2 Å². The van der Waals surface area contributed by atoms with Gasteiger partial charge in [0.1, 0.15) is 5.75 Å². The lowest BCUT2D eigenvalue weighted by Crippen LogP contribution is -2.29. The zero-order valence-electron chi connectivity index (χ0n) is 17.3. The number of fused-ring (bicyclic) bond motifs is 3. The van der Waals surface area contributed by atoms with Crippen LogP contribution in [0, 0.1) is 5.92 Å². The van der Waals surface area contributed by atoms with Gasteiger partial charge in [-0.2, -0.15) is 0 Å². The van der Waals surface area contributed by atoms with Crippen LogP contribution in [0.5, 0.6) is 17.2 Å². The molecule has 4 nitrogen and oxygen atoms in total. The summed E-state index contributed by atoms with van der Waals surface area (Å²) in [6.45, 7) is 0.822. The van der Waals surface area contributed by atoms with E-state index in [2.05, 4.69) is 30.3 Å². The standard InChI is InChI=1S/C25H29NO3/c1-27-23-13-20-19-8-3-4-9-22(19)26-25(21(20)14-24(23)28-2)17-6-5-7-18(12-17)29-15-16-10-11-16/h5-7,12-14,16,19,22H,3-4,8-11,15H2,1-2H3/t19-,22-/m1/s1. The molecule has 0 unspecified atom stereocenters. The molecule has 2 aromatic carbocycles. The number of aliphatic imine (C=N–C) groups is 1. The molecule has 1 aliphatic heterocycles.